The van der Waals surface area contributed by atoms with Crippen molar-refractivity contribution in [2.24, 2.45) is 23.9 Å². The number of fused-ring (bicyclic) bond motifs is 3. The van der Waals surface area contributed by atoms with Gasteiger partial charge >= 0.3 is 0 Å². The van der Waals surface area contributed by atoms with E-state index in [-0.39, 0.29) is 0 Å². The number of hydrogen-bond acceptors (Lipinski definition) is 3. The van der Waals surface area contributed by atoms with E-state index < -0.39 is 0 Å². The van der Waals surface area contributed by atoms with Crippen molar-refractivity contribution in [1.29, 1.82) is 0 Å². The fourth-order valence-corrected chi connectivity index (χ4v) is 3.96. The first kappa shape index (κ1) is 12.2. The molecule has 3 atom stereocenters. The molecule has 2 aromatic rings. The van der Waals surface area contributed by atoms with E-state index in [4.69, 9.17) is 4.74 Å². The zero-order valence-electron chi connectivity index (χ0n) is 12.4. The van der Waals surface area contributed by atoms with Crippen LogP contribution in [-0.4, -0.2) is 22.6 Å². The Kier molecular flexibility index (Phi) is 2.40. The summed E-state index contributed by atoms with van der Waals surface area (Å²) in [6, 6.07) is 8.57. The molecular formula is C18H17N3O. The van der Waals surface area contributed by atoms with E-state index in [9.17, 15) is 0 Å². The molecule has 5 rings (SSSR count). The van der Waals surface area contributed by atoms with E-state index in [1.54, 1.807) is 0 Å². The highest BCUT2D eigenvalue weighted by Crippen LogP contribution is 2.62. The van der Waals surface area contributed by atoms with Gasteiger partial charge in [0.25, 0.3) is 0 Å². The maximum atomic E-state index is 5.97. The molecular weight excluding hydrogens is 274 g/mol. The molecule has 0 saturated heterocycles. The minimum Gasteiger partial charge on any atom is -0.493 e. The number of aryl methyl sites for hydroxylation is 1. The van der Waals surface area contributed by atoms with Crippen molar-refractivity contribution >= 4 is 6.21 Å². The molecule has 1 saturated carbocycles. The fourth-order valence-electron chi connectivity index (χ4n) is 3.96. The molecule has 0 bridgehead atoms. The second kappa shape index (κ2) is 4.32. The van der Waals surface area contributed by atoms with Crippen LogP contribution in [0.2, 0.25) is 0 Å². The molecule has 0 spiro atoms. The van der Waals surface area contributed by atoms with E-state index in [0.29, 0.717) is 17.8 Å². The van der Waals surface area contributed by atoms with Crippen LogP contribution in [-0.2, 0) is 7.05 Å². The van der Waals surface area contributed by atoms with Crippen LogP contribution in [0.15, 0.2) is 47.2 Å². The Hall–Kier alpha value is -2.36. The van der Waals surface area contributed by atoms with Gasteiger partial charge in [0.05, 0.1) is 12.3 Å². The third-order valence-corrected chi connectivity index (χ3v) is 5.10. The van der Waals surface area contributed by atoms with Crippen LogP contribution in [0.25, 0.3) is 11.3 Å². The molecule has 1 aliphatic carbocycles. The van der Waals surface area contributed by atoms with Crippen molar-refractivity contribution in [3.63, 3.8) is 0 Å². The van der Waals surface area contributed by atoms with Gasteiger partial charge in [-0.1, -0.05) is 6.08 Å². The normalized spacial score (nSPS) is 27.9. The topological polar surface area (TPSA) is 39.4 Å². The number of aromatic nitrogens is 2. The average molecular weight is 291 g/mol. The maximum Gasteiger partial charge on any atom is 0.122 e. The summed E-state index contributed by atoms with van der Waals surface area (Å²) in [6.07, 6.45) is 7.08. The van der Waals surface area contributed by atoms with Gasteiger partial charge in [-0.25, -0.2) is 0 Å². The monoisotopic (exact) mass is 291 g/mol. The number of benzene rings is 1. The first-order chi connectivity index (χ1) is 10.8. The summed E-state index contributed by atoms with van der Waals surface area (Å²) >= 11 is 0. The summed E-state index contributed by atoms with van der Waals surface area (Å²) < 4.78 is 7.88. The minimum absolute atomic E-state index is 0.543. The van der Waals surface area contributed by atoms with Crippen LogP contribution in [0.3, 0.4) is 0 Å². The molecule has 1 aromatic carbocycles. The van der Waals surface area contributed by atoms with Crippen molar-refractivity contribution in [2.75, 3.05) is 6.61 Å². The summed E-state index contributed by atoms with van der Waals surface area (Å²) in [7, 11) is 1.98. The Morgan fingerprint density at radius 1 is 1.23 bits per heavy atom. The number of rotatable bonds is 2. The quantitative estimate of drug-likeness (QED) is 0.852. The van der Waals surface area contributed by atoms with Gasteiger partial charge < -0.3 is 4.74 Å². The van der Waals surface area contributed by atoms with Crippen molar-refractivity contribution < 1.29 is 4.74 Å². The highest BCUT2D eigenvalue weighted by atomic mass is 16.5. The van der Waals surface area contributed by atoms with Crippen molar-refractivity contribution in [3.05, 3.63) is 47.8 Å². The van der Waals surface area contributed by atoms with Gasteiger partial charge in [0.2, 0.25) is 0 Å². The first-order valence-electron chi connectivity index (χ1n) is 7.80. The zero-order chi connectivity index (χ0) is 14.7. The molecule has 0 amide bonds. The predicted molar refractivity (Wildman–Crippen MR) is 85.1 cm³/mol. The van der Waals surface area contributed by atoms with E-state index >= 15 is 0 Å². The molecule has 3 aliphatic rings. The SMILES string of the molecule is Cn1nccc1-c1ccc2c(c1)[C@@H]1[C@H](CO2)[C@H]1C1=CCC=N1. The maximum absolute atomic E-state index is 5.97. The predicted octanol–water partition coefficient (Wildman–Crippen LogP) is 3.17. The third kappa shape index (κ3) is 1.64. The largest absolute Gasteiger partial charge is 0.493 e. The Labute approximate surface area is 129 Å². The minimum atomic E-state index is 0.543. The average Bonchev–Trinajstić information content (AvgIpc) is 2.90. The van der Waals surface area contributed by atoms with Crippen molar-refractivity contribution in [3.8, 4) is 17.0 Å². The van der Waals surface area contributed by atoms with Gasteiger partial charge in [0.15, 0.2) is 0 Å². The van der Waals surface area contributed by atoms with Crippen LogP contribution in [0.4, 0.5) is 0 Å². The van der Waals surface area contributed by atoms with Crippen molar-refractivity contribution in [2.45, 2.75) is 12.3 Å². The highest BCUT2D eigenvalue weighted by Gasteiger charge is 2.56. The summed E-state index contributed by atoms with van der Waals surface area (Å²) in [6.45, 7) is 0.820. The van der Waals surface area contributed by atoms with Crippen LogP contribution >= 0.6 is 0 Å². The smallest absolute Gasteiger partial charge is 0.122 e. The summed E-state index contributed by atoms with van der Waals surface area (Å²) in [5.41, 5.74) is 4.94. The number of ether oxygens (including phenoxy) is 1. The first-order valence-corrected chi connectivity index (χ1v) is 7.80. The number of nitrogens with zero attached hydrogens (tertiary/aromatic N) is 3. The van der Waals surface area contributed by atoms with Gasteiger partial charge in [-0.3, -0.25) is 9.67 Å². The van der Waals surface area contributed by atoms with Gasteiger partial charge in [-0.05, 0) is 29.8 Å². The molecule has 3 heterocycles. The van der Waals surface area contributed by atoms with Gasteiger partial charge in [-0.15, -0.1) is 0 Å². The van der Waals surface area contributed by atoms with Crippen LogP contribution in [0.5, 0.6) is 5.75 Å². The molecule has 22 heavy (non-hydrogen) atoms. The molecule has 0 unspecified atom stereocenters. The van der Waals surface area contributed by atoms with E-state index in [2.05, 4.69) is 40.4 Å². The second-order valence-corrected chi connectivity index (χ2v) is 6.30. The lowest BCUT2D eigenvalue weighted by molar-refractivity contribution is 0.276. The van der Waals surface area contributed by atoms with Gasteiger partial charge in [-0.2, -0.15) is 5.10 Å². The second-order valence-electron chi connectivity index (χ2n) is 6.30. The van der Waals surface area contributed by atoms with Crippen LogP contribution in [0.1, 0.15) is 17.9 Å². The number of allylic oxidation sites excluding steroid dienone is 2. The number of aliphatic imine (C=N–C) groups is 1. The Morgan fingerprint density at radius 3 is 2.95 bits per heavy atom. The third-order valence-electron chi connectivity index (χ3n) is 5.10. The molecule has 4 heteroatoms. The molecule has 1 fully saturated rings. The van der Waals surface area contributed by atoms with Crippen LogP contribution in [0, 0.1) is 11.8 Å². The zero-order valence-corrected chi connectivity index (χ0v) is 12.4. The standard InChI is InChI=1S/C18H17N3O/c1-21-15(6-8-20-21)11-4-5-16-12(9-11)17-13(10-22-16)18(17)14-3-2-7-19-14/h3-9,13,17-18H,2,10H2,1H3/t13-,17+,18-/m0/s1. The molecule has 2 aliphatic heterocycles. The molecule has 110 valence electrons. The summed E-state index contributed by atoms with van der Waals surface area (Å²) in [5.74, 6) is 2.74. The summed E-state index contributed by atoms with van der Waals surface area (Å²) in [5, 5.41) is 4.27. The molecule has 0 N–H and O–H groups in total. The Balaban J connectivity index is 1.56. The molecule has 1 aromatic heterocycles. The molecule has 4 nitrogen and oxygen atoms in total. The van der Waals surface area contributed by atoms with E-state index in [1.807, 2.05) is 24.1 Å². The van der Waals surface area contributed by atoms with Crippen molar-refractivity contribution in [1.82, 2.24) is 9.78 Å². The Bertz CT molecular complexity index is 817. The van der Waals surface area contributed by atoms with E-state index in [1.165, 1.54) is 16.8 Å². The highest BCUT2D eigenvalue weighted by molar-refractivity contribution is 5.67. The van der Waals surface area contributed by atoms with Gasteiger partial charge in [0.1, 0.15) is 5.75 Å². The summed E-state index contributed by atoms with van der Waals surface area (Å²) in [4.78, 5) is 4.55. The van der Waals surface area contributed by atoms with E-state index in [0.717, 1.165) is 24.5 Å². The lowest BCUT2D eigenvalue weighted by Gasteiger charge is -2.17. The fraction of sp³-hybridized carbons (Fsp3) is 0.333. The number of hydrogen-bond donors (Lipinski definition) is 0. The Morgan fingerprint density at radius 2 is 2.18 bits per heavy atom. The molecule has 0 radical (unpaired) electrons. The van der Waals surface area contributed by atoms with Gasteiger partial charge in [0, 0.05) is 54.9 Å². The lowest BCUT2D eigenvalue weighted by atomic mass is 10.0. The lowest BCUT2D eigenvalue weighted by Crippen LogP contribution is -2.08. The van der Waals surface area contributed by atoms with Crippen LogP contribution < -0.4 is 4.74 Å².